The first-order valence-electron chi connectivity index (χ1n) is 11.4. The molecule has 0 spiro atoms. The highest BCUT2D eigenvalue weighted by atomic mass is 32.2. The molecular weight excluding hydrogens is 466 g/mol. The molecule has 1 unspecified atom stereocenters. The van der Waals surface area contributed by atoms with Gasteiger partial charge in [-0.25, -0.2) is 8.42 Å². The van der Waals surface area contributed by atoms with E-state index in [9.17, 15) is 13.2 Å². The van der Waals surface area contributed by atoms with Crippen LogP contribution in [0.3, 0.4) is 0 Å². The van der Waals surface area contributed by atoms with Crippen LogP contribution in [0.15, 0.2) is 60.7 Å². The zero-order chi connectivity index (χ0) is 24.4. The first-order chi connectivity index (χ1) is 16.8. The summed E-state index contributed by atoms with van der Waals surface area (Å²) in [5, 5.41) is 13.5. The highest BCUT2D eigenvalue weighted by Gasteiger charge is 2.18. The fourth-order valence-corrected chi connectivity index (χ4v) is 4.96. The summed E-state index contributed by atoms with van der Waals surface area (Å²) in [5.74, 6) is -0.374. The summed E-state index contributed by atoms with van der Waals surface area (Å²) in [6, 6.07) is 7.99. The number of fused-ring (bicyclic) bond motifs is 1. The van der Waals surface area contributed by atoms with E-state index in [1.54, 1.807) is 18.4 Å². The molecule has 3 aromatic rings. The van der Waals surface area contributed by atoms with Crippen molar-refractivity contribution in [3.8, 4) is 11.1 Å². The first kappa shape index (κ1) is 23.2. The molecule has 1 amide bonds. The van der Waals surface area contributed by atoms with Gasteiger partial charge in [0.15, 0.2) is 5.69 Å². The number of H-pyrrole nitrogens is 1. The third-order valence-corrected chi connectivity index (χ3v) is 6.68. The number of allylic oxidation sites excluding steroid dienone is 1. The second-order valence-electron chi connectivity index (χ2n) is 8.84. The molecule has 1 saturated heterocycles. The van der Waals surface area contributed by atoms with Crippen molar-refractivity contribution >= 4 is 26.8 Å². The molecule has 182 valence electrons. The van der Waals surface area contributed by atoms with Gasteiger partial charge in [0.05, 0.1) is 17.5 Å². The molecule has 0 aliphatic carbocycles. The number of carbonyl (C=O) groups excluding carboxylic acids is 1. The Hall–Kier alpha value is -3.54. The molecule has 11 heteroatoms. The lowest BCUT2D eigenvalue weighted by molar-refractivity contribution is 0.0963. The minimum Gasteiger partial charge on any atom is -0.370 e. The average Bonchev–Trinajstić information content (AvgIpc) is 3.49. The van der Waals surface area contributed by atoms with Gasteiger partial charge in [0.1, 0.15) is 6.17 Å². The fourth-order valence-electron chi connectivity index (χ4n) is 4.35. The number of likely N-dealkylation sites (tertiary alicyclic amines) is 1. The Morgan fingerprint density at radius 2 is 2.00 bits per heavy atom. The van der Waals surface area contributed by atoms with Crippen molar-refractivity contribution in [1.82, 2.24) is 35.4 Å². The number of amides is 1. The zero-order valence-electron chi connectivity index (χ0n) is 19.3. The molecular formula is C24H27N7O3S. The van der Waals surface area contributed by atoms with Gasteiger partial charge in [-0.2, -0.15) is 9.82 Å². The van der Waals surface area contributed by atoms with Crippen LogP contribution in [-0.4, -0.2) is 59.9 Å². The van der Waals surface area contributed by atoms with Crippen LogP contribution in [0.2, 0.25) is 0 Å². The SMILES string of the molecule is CS(=O)(=O)NC1C=CC(NC(=O)c2n[nH]c3ccc(-c4cncc(CN5CCCC5)c4)cc23)=CN1. The lowest BCUT2D eigenvalue weighted by Gasteiger charge is -2.19. The van der Waals surface area contributed by atoms with Crippen molar-refractivity contribution in [2.45, 2.75) is 25.6 Å². The summed E-state index contributed by atoms with van der Waals surface area (Å²) in [4.78, 5) is 19.8. The van der Waals surface area contributed by atoms with Gasteiger partial charge in [0.2, 0.25) is 10.0 Å². The van der Waals surface area contributed by atoms with Crippen molar-refractivity contribution in [1.29, 1.82) is 0 Å². The van der Waals surface area contributed by atoms with E-state index in [0.717, 1.165) is 42.5 Å². The largest absolute Gasteiger partial charge is 0.370 e. The summed E-state index contributed by atoms with van der Waals surface area (Å²) in [6.45, 7) is 3.14. The number of nitrogens with zero attached hydrogens (tertiary/aromatic N) is 3. The summed E-state index contributed by atoms with van der Waals surface area (Å²) < 4.78 is 25.2. The molecule has 4 N–H and O–H groups in total. The molecule has 1 aromatic carbocycles. The molecule has 2 aliphatic heterocycles. The highest BCUT2D eigenvalue weighted by molar-refractivity contribution is 7.88. The van der Waals surface area contributed by atoms with Crippen molar-refractivity contribution in [3.63, 3.8) is 0 Å². The van der Waals surface area contributed by atoms with E-state index in [0.29, 0.717) is 11.1 Å². The van der Waals surface area contributed by atoms with Crippen LogP contribution >= 0.6 is 0 Å². The lowest BCUT2D eigenvalue weighted by Crippen LogP contribution is -2.43. The Labute approximate surface area is 203 Å². The number of rotatable bonds is 7. The predicted molar refractivity (Wildman–Crippen MR) is 133 cm³/mol. The van der Waals surface area contributed by atoms with Gasteiger partial charge in [-0.1, -0.05) is 6.07 Å². The molecule has 0 radical (unpaired) electrons. The predicted octanol–water partition coefficient (Wildman–Crippen LogP) is 1.83. The van der Waals surface area contributed by atoms with Crippen LogP contribution in [0.1, 0.15) is 28.9 Å². The van der Waals surface area contributed by atoms with Gasteiger partial charge < -0.3 is 10.6 Å². The number of pyridine rings is 1. The normalized spacial score (nSPS) is 18.4. The quantitative estimate of drug-likeness (QED) is 0.395. The molecule has 10 nitrogen and oxygen atoms in total. The van der Waals surface area contributed by atoms with Crippen molar-refractivity contribution in [2.24, 2.45) is 0 Å². The van der Waals surface area contributed by atoms with Gasteiger partial charge in [-0.05, 0) is 67.4 Å². The smallest absolute Gasteiger partial charge is 0.276 e. The molecule has 0 bridgehead atoms. The van der Waals surface area contributed by atoms with Crippen molar-refractivity contribution < 1.29 is 13.2 Å². The van der Waals surface area contributed by atoms with Crippen LogP contribution < -0.4 is 15.4 Å². The number of carbonyl (C=O) groups is 1. The minimum atomic E-state index is -3.36. The summed E-state index contributed by atoms with van der Waals surface area (Å²) >= 11 is 0. The van der Waals surface area contributed by atoms with Gasteiger partial charge in [-0.3, -0.25) is 19.8 Å². The second-order valence-corrected chi connectivity index (χ2v) is 10.6. The standard InChI is InChI=1S/C24H27N7O3S/c1-35(33,34)30-22-7-5-19(14-26-22)27-24(32)23-20-11-17(4-6-21(20)28-29-23)18-10-16(12-25-13-18)15-31-8-2-3-9-31/h4-7,10-14,22,26,30H,2-3,8-9,15H2,1H3,(H,27,32)(H,28,29). The van der Waals surface area contributed by atoms with Gasteiger partial charge in [0, 0.05) is 36.1 Å². The van der Waals surface area contributed by atoms with Crippen LogP contribution in [0.5, 0.6) is 0 Å². The number of sulfonamides is 1. The Morgan fingerprint density at radius 1 is 1.17 bits per heavy atom. The molecule has 4 heterocycles. The van der Waals surface area contributed by atoms with Gasteiger partial charge >= 0.3 is 0 Å². The number of hydrogen-bond donors (Lipinski definition) is 4. The van der Waals surface area contributed by atoms with Gasteiger partial charge in [-0.15, -0.1) is 0 Å². The third kappa shape index (κ3) is 5.59. The van der Waals surface area contributed by atoms with E-state index in [1.165, 1.54) is 18.4 Å². The van der Waals surface area contributed by atoms with Crippen LogP contribution in [0, 0.1) is 0 Å². The van der Waals surface area contributed by atoms with Gasteiger partial charge in [0.25, 0.3) is 5.91 Å². The number of aromatic nitrogens is 3. The molecule has 5 rings (SSSR count). The van der Waals surface area contributed by atoms with E-state index in [-0.39, 0.29) is 11.6 Å². The van der Waals surface area contributed by atoms with E-state index in [1.807, 2.05) is 30.6 Å². The summed E-state index contributed by atoms with van der Waals surface area (Å²) in [5.41, 5.74) is 4.63. The van der Waals surface area contributed by atoms with Crippen molar-refractivity contribution in [2.75, 3.05) is 19.3 Å². The second kappa shape index (κ2) is 9.61. The summed E-state index contributed by atoms with van der Waals surface area (Å²) in [7, 11) is -3.36. The van der Waals surface area contributed by atoms with E-state index in [4.69, 9.17) is 0 Å². The van der Waals surface area contributed by atoms with E-state index in [2.05, 4.69) is 41.5 Å². The van der Waals surface area contributed by atoms with Crippen LogP contribution in [0.4, 0.5) is 0 Å². The molecule has 1 fully saturated rings. The summed E-state index contributed by atoms with van der Waals surface area (Å²) in [6.07, 6.45) is 11.5. The van der Waals surface area contributed by atoms with Crippen LogP contribution in [0.25, 0.3) is 22.0 Å². The van der Waals surface area contributed by atoms with E-state index < -0.39 is 16.2 Å². The Bertz CT molecular complexity index is 1420. The maximum absolute atomic E-state index is 13.0. The third-order valence-electron chi connectivity index (χ3n) is 6.00. The number of dihydropyridines is 1. The Balaban J connectivity index is 1.32. The maximum Gasteiger partial charge on any atom is 0.276 e. The monoisotopic (exact) mass is 493 g/mol. The Morgan fingerprint density at radius 3 is 2.74 bits per heavy atom. The van der Waals surface area contributed by atoms with E-state index >= 15 is 0 Å². The van der Waals surface area contributed by atoms with Crippen molar-refractivity contribution in [3.05, 3.63) is 72.0 Å². The fraction of sp³-hybridized carbons (Fsp3) is 0.292. The maximum atomic E-state index is 13.0. The lowest BCUT2D eigenvalue weighted by atomic mass is 10.0. The average molecular weight is 494 g/mol. The number of hydrogen-bond acceptors (Lipinski definition) is 7. The molecule has 0 saturated carbocycles. The number of aromatic amines is 1. The zero-order valence-corrected chi connectivity index (χ0v) is 20.1. The molecule has 35 heavy (non-hydrogen) atoms. The Kier molecular flexibility index (Phi) is 6.37. The highest BCUT2D eigenvalue weighted by Crippen LogP contribution is 2.26. The first-order valence-corrected chi connectivity index (χ1v) is 13.3. The minimum absolute atomic E-state index is 0.272. The topological polar surface area (TPSA) is 132 Å². The number of benzene rings is 1. The van der Waals surface area contributed by atoms with Crippen LogP contribution in [-0.2, 0) is 16.6 Å². The number of nitrogens with one attached hydrogen (secondary N) is 4. The molecule has 2 aliphatic rings. The molecule has 2 aromatic heterocycles. The molecule has 1 atom stereocenters.